The maximum atomic E-state index is 12.8. The van der Waals surface area contributed by atoms with E-state index in [4.69, 9.17) is 9.47 Å². The molecule has 0 spiro atoms. The van der Waals surface area contributed by atoms with Crippen molar-refractivity contribution in [3.63, 3.8) is 0 Å². The summed E-state index contributed by atoms with van der Waals surface area (Å²) in [6, 6.07) is 5.21. The number of aryl methyl sites for hydroxylation is 1. The third-order valence-corrected chi connectivity index (χ3v) is 5.07. The number of rotatable bonds is 2. The molecule has 2 heterocycles. The largest absolute Gasteiger partial charge is 0.372 e. The number of amides is 4. The number of benzene rings is 1. The molecule has 1 aromatic carbocycles. The number of anilines is 2. The van der Waals surface area contributed by atoms with Gasteiger partial charge in [-0.05, 0) is 52.3 Å². The van der Waals surface area contributed by atoms with E-state index in [0.29, 0.717) is 37.6 Å². The van der Waals surface area contributed by atoms with E-state index in [1.807, 2.05) is 52.8 Å². The van der Waals surface area contributed by atoms with Crippen LogP contribution in [0.2, 0.25) is 0 Å². The lowest BCUT2D eigenvalue weighted by molar-refractivity contribution is -0.0531. The Labute approximate surface area is 172 Å². The minimum atomic E-state index is -0.194. The number of urea groups is 2. The molecule has 0 aliphatic carbocycles. The molecule has 0 radical (unpaired) electrons. The lowest BCUT2D eigenvalue weighted by Crippen LogP contribution is -2.50. The standard InChI is InChI=1S/C21H32N4O4/c1-13-6-7-18(22-20(26)24-9-14(2)28-15(3)10-24)19(8-13)23-21(27)25-11-16(4)29-17(5)12-25/h6-8,14-17H,9-12H2,1-5H3,(H,22,26)(H,23,27)/t14-,15+,16-,17-/m1/s1. The molecule has 2 aliphatic heterocycles. The molecule has 0 aromatic heterocycles. The van der Waals surface area contributed by atoms with Crippen molar-refractivity contribution >= 4 is 23.4 Å². The molecular weight excluding hydrogens is 372 g/mol. The Hall–Kier alpha value is -2.32. The second kappa shape index (κ2) is 9.00. The van der Waals surface area contributed by atoms with Gasteiger partial charge in [-0.25, -0.2) is 9.59 Å². The highest BCUT2D eigenvalue weighted by atomic mass is 16.5. The number of hydrogen-bond donors (Lipinski definition) is 2. The Morgan fingerprint density at radius 3 is 1.66 bits per heavy atom. The van der Waals surface area contributed by atoms with E-state index >= 15 is 0 Å². The average Bonchev–Trinajstić information content (AvgIpc) is 2.62. The zero-order valence-electron chi connectivity index (χ0n) is 17.9. The second-order valence-corrected chi connectivity index (χ2v) is 8.23. The summed E-state index contributed by atoms with van der Waals surface area (Å²) < 4.78 is 11.4. The van der Waals surface area contributed by atoms with Crippen molar-refractivity contribution in [3.8, 4) is 0 Å². The van der Waals surface area contributed by atoms with Crippen LogP contribution in [-0.4, -0.2) is 72.5 Å². The first-order valence-corrected chi connectivity index (χ1v) is 10.2. The lowest BCUT2D eigenvalue weighted by atomic mass is 10.2. The van der Waals surface area contributed by atoms with E-state index < -0.39 is 0 Å². The number of nitrogens with one attached hydrogen (secondary N) is 2. The Morgan fingerprint density at radius 1 is 0.793 bits per heavy atom. The minimum Gasteiger partial charge on any atom is -0.372 e. The second-order valence-electron chi connectivity index (χ2n) is 8.23. The molecule has 2 N–H and O–H groups in total. The maximum absolute atomic E-state index is 12.8. The summed E-state index contributed by atoms with van der Waals surface area (Å²) >= 11 is 0. The lowest BCUT2D eigenvalue weighted by Gasteiger charge is -2.36. The van der Waals surface area contributed by atoms with Gasteiger partial charge in [0.25, 0.3) is 0 Å². The Morgan fingerprint density at radius 2 is 1.21 bits per heavy atom. The van der Waals surface area contributed by atoms with Crippen LogP contribution >= 0.6 is 0 Å². The number of nitrogens with zero attached hydrogens (tertiary/aromatic N) is 2. The van der Waals surface area contributed by atoms with Crippen LogP contribution in [0.25, 0.3) is 0 Å². The fourth-order valence-corrected chi connectivity index (χ4v) is 3.95. The molecule has 3 rings (SSSR count). The summed E-state index contributed by atoms with van der Waals surface area (Å²) in [6.07, 6.45) is -0.0306. The van der Waals surface area contributed by atoms with Gasteiger partial charge in [-0.2, -0.15) is 0 Å². The van der Waals surface area contributed by atoms with E-state index in [1.54, 1.807) is 9.80 Å². The van der Waals surface area contributed by atoms with Gasteiger partial charge in [0, 0.05) is 26.2 Å². The molecular formula is C21H32N4O4. The number of hydrogen-bond acceptors (Lipinski definition) is 4. The van der Waals surface area contributed by atoms with Crippen molar-refractivity contribution in [1.29, 1.82) is 0 Å². The SMILES string of the molecule is Cc1ccc(NC(=O)N2C[C@@H](C)O[C@@H](C)C2)c(NC(=O)N2C[C@@H](C)O[C@H](C)C2)c1. The summed E-state index contributed by atoms with van der Waals surface area (Å²) in [6.45, 7) is 11.9. The molecule has 2 saturated heterocycles. The van der Waals surface area contributed by atoms with Crippen molar-refractivity contribution in [1.82, 2.24) is 9.80 Å². The van der Waals surface area contributed by atoms with E-state index in [1.165, 1.54) is 0 Å². The average molecular weight is 405 g/mol. The highest BCUT2D eigenvalue weighted by Crippen LogP contribution is 2.25. The first-order valence-electron chi connectivity index (χ1n) is 10.2. The third kappa shape index (κ3) is 5.61. The smallest absolute Gasteiger partial charge is 0.322 e. The number of morpholine rings is 2. The molecule has 8 nitrogen and oxygen atoms in total. The summed E-state index contributed by atoms with van der Waals surface area (Å²) in [7, 11) is 0. The Bertz CT molecular complexity index is 736. The fourth-order valence-electron chi connectivity index (χ4n) is 3.95. The predicted octanol–water partition coefficient (Wildman–Crippen LogP) is 3.28. The van der Waals surface area contributed by atoms with Gasteiger partial charge in [0.2, 0.25) is 0 Å². The van der Waals surface area contributed by atoms with E-state index in [-0.39, 0.29) is 36.5 Å². The monoisotopic (exact) mass is 404 g/mol. The number of carbonyl (C=O) groups is 2. The van der Waals surface area contributed by atoms with Gasteiger partial charge in [-0.15, -0.1) is 0 Å². The quantitative estimate of drug-likeness (QED) is 0.792. The summed E-state index contributed by atoms with van der Waals surface area (Å²) in [5.41, 5.74) is 2.16. The highest BCUT2D eigenvalue weighted by Gasteiger charge is 2.28. The van der Waals surface area contributed by atoms with Gasteiger partial charge in [0.1, 0.15) is 0 Å². The van der Waals surface area contributed by atoms with Gasteiger partial charge in [0.05, 0.1) is 35.8 Å². The first kappa shape index (κ1) is 21.4. The zero-order chi connectivity index (χ0) is 21.1. The van der Waals surface area contributed by atoms with E-state index in [9.17, 15) is 9.59 Å². The van der Waals surface area contributed by atoms with Crippen molar-refractivity contribution < 1.29 is 19.1 Å². The molecule has 2 fully saturated rings. The zero-order valence-corrected chi connectivity index (χ0v) is 17.9. The number of ether oxygens (including phenoxy) is 2. The maximum Gasteiger partial charge on any atom is 0.322 e. The fraction of sp³-hybridized carbons (Fsp3) is 0.619. The van der Waals surface area contributed by atoms with Crippen LogP contribution in [-0.2, 0) is 9.47 Å². The molecule has 4 amide bonds. The Balaban J connectivity index is 1.70. The predicted molar refractivity (Wildman–Crippen MR) is 112 cm³/mol. The Kier molecular flexibility index (Phi) is 6.64. The molecule has 2 aliphatic rings. The van der Waals surface area contributed by atoms with Gasteiger partial charge >= 0.3 is 12.1 Å². The van der Waals surface area contributed by atoms with E-state index in [0.717, 1.165) is 5.56 Å². The third-order valence-electron chi connectivity index (χ3n) is 5.07. The summed E-state index contributed by atoms with van der Waals surface area (Å²) in [5, 5.41) is 5.91. The normalized spacial score (nSPS) is 27.5. The molecule has 0 saturated carbocycles. The van der Waals surface area contributed by atoms with Gasteiger partial charge in [-0.1, -0.05) is 6.07 Å². The van der Waals surface area contributed by atoms with E-state index in [2.05, 4.69) is 10.6 Å². The molecule has 160 valence electrons. The topological polar surface area (TPSA) is 83.1 Å². The van der Waals surface area contributed by atoms with Crippen LogP contribution in [0.15, 0.2) is 18.2 Å². The van der Waals surface area contributed by atoms with Crippen LogP contribution < -0.4 is 10.6 Å². The molecule has 1 aromatic rings. The minimum absolute atomic E-state index is 0.00742. The first-order chi connectivity index (χ1) is 13.7. The molecule has 0 bridgehead atoms. The van der Waals surface area contributed by atoms with Crippen LogP contribution in [0, 0.1) is 6.92 Å². The number of carbonyl (C=O) groups excluding carboxylic acids is 2. The molecule has 8 heteroatoms. The van der Waals surface area contributed by atoms with Crippen LogP contribution in [0.5, 0.6) is 0 Å². The van der Waals surface area contributed by atoms with Crippen molar-refractivity contribution in [2.24, 2.45) is 0 Å². The van der Waals surface area contributed by atoms with Gasteiger partial charge < -0.3 is 29.9 Å². The summed E-state index contributed by atoms with van der Waals surface area (Å²) in [5.74, 6) is 0. The van der Waals surface area contributed by atoms with Crippen molar-refractivity contribution in [2.45, 2.75) is 59.0 Å². The van der Waals surface area contributed by atoms with Crippen LogP contribution in [0.1, 0.15) is 33.3 Å². The van der Waals surface area contributed by atoms with Crippen LogP contribution in [0.3, 0.4) is 0 Å². The molecule has 0 unspecified atom stereocenters. The van der Waals surface area contributed by atoms with Gasteiger partial charge in [-0.3, -0.25) is 0 Å². The highest BCUT2D eigenvalue weighted by molar-refractivity contribution is 5.98. The molecule has 4 atom stereocenters. The van der Waals surface area contributed by atoms with Gasteiger partial charge in [0.15, 0.2) is 0 Å². The molecule has 29 heavy (non-hydrogen) atoms. The summed E-state index contributed by atoms with van der Waals surface area (Å²) in [4.78, 5) is 29.1. The van der Waals surface area contributed by atoms with Crippen molar-refractivity contribution in [2.75, 3.05) is 36.8 Å². The van der Waals surface area contributed by atoms with Crippen LogP contribution in [0.4, 0.5) is 21.0 Å². The van der Waals surface area contributed by atoms with Crippen molar-refractivity contribution in [3.05, 3.63) is 23.8 Å².